The Morgan fingerprint density at radius 2 is 1.60 bits per heavy atom. The molecule has 0 bridgehead atoms. The van der Waals surface area contributed by atoms with Crippen LogP contribution < -0.4 is 4.74 Å². The fourth-order valence-electron chi connectivity index (χ4n) is 4.87. The molecule has 1 amide bonds. The van der Waals surface area contributed by atoms with Gasteiger partial charge in [-0.15, -0.1) is 0 Å². The number of esters is 1. The number of carbonyl (C=O) groups is 4. The van der Waals surface area contributed by atoms with Gasteiger partial charge in [-0.1, -0.05) is 12.1 Å². The van der Waals surface area contributed by atoms with Crippen molar-refractivity contribution in [3.8, 4) is 16.9 Å². The normalized spacial score (nSPS) is 16.1. The predicted octanol–water partition coefficient (Wildman–Crippen LogP) is 4.39. The molecule has 1 saturated heterocycles. The lowest BCUT2D eigenvalue weighted by Gasteiger charge is -2.32. The molecule has 2 aliphatic heterocycles. The first kappa shape index (κ1) is 33.7. The number of Topliss-reactive ketones (excluding diaryl/α,β-unsaturated/α-hetero) is 2. The van der Waals surface area contributed by atoms with Crippen molar-refractivity contribution < 1.29 is 48.3 Å². The van der Waals surface area contributed by atoms with Crippen molar-refractivity contribution in [3.05, 3.63) is 52.6 Å². The number of carbonyl (C=O) groups excluding carboxylic acids is 4. The molecule has 11 heteroatoms. The molecule has 0 atom stereocenters. The second kappa shape index (κ2) is 14.1. The highest BCUT2D eigenvalue weighted by Gasteiger charge is 2.39. The minimum absolute atomic E-state index is 0.00587. The van der Waals surface area contributed by atoms with Crippen molar-refractivity contribution in [1.29, 1.82) is 0 Å². The Kier molecular flexibility index (Phi) is 11.1. The maximum atomic E-state index is 12.2. The van der Waals surface area contributed by atoms with E-state index >= 15 is 0 Å². The van der Waals surface area contributed by atoms with Gasteiger partial charge in [-0.25, -0.2) is 4.79 Å². The minimum atomic E-state index is -2.66. The summed E-state index contributed by atoms with van der Waals surface area (Å²) in [6.07, 6.45) is 4.04. The first-order valence-electron chi connectivity index (χ1n) is 14.2. The molecule has 2 heterocycles. The van der Waals surface area contributed by atoms with E-state index in [0.29, 0.717) is 23.1 Å². The molecular weight excluding hydrogens is 558 g/mol. The molecule has 5 rings (SSSR count). The van der Waals surface area contributed by atoms with Gasteiger partial charge in [0.05, 0.1) is 5.56 Å². The summed E-state index contributed by atoms with van der Waals surface area (Å²) in [5, 5.41) is 20.8. The molecule has 0 aromatic heterocycles. The molecule has 11 nitrogen and oxygen atoms in total. The molecule has 0 unspecified atom stereocenters. The van der Waals surface area contributed by atoms with Crippen molar-refractivity contribution >= 4 is 23.6 Å². The summed E-state index contributed by atoms with van der Waals surface area (Å²) in [7, 11) is 3.25. The number of methoxy groups -OCH3 is 1. The van der Waals surface area contributed by atoms with Crippen LogP contribution in [0.25, 0.3) is 11.1 Å². The number of aryl methyl sites for hydroxylation is 1. The molecule has 234 valence electrons. The second-order valence-corrected chi connectivity index (χ2v) is 11.5. The van der Waals surface area contributed by atoms with Crippen LogP contribution in [0.1, 0.15) is 85.2 Å². The number of benzene rings is 2. The van der Waals surface area contributed by atoms with Gasteiger partial charge >= 0.3 is 18.0 Å². The molecule has 0 radical (unpaired) electrons. The zero-order chi connectivity index (χ0) is 31.9. The van der Waals surface area contributed by atoms with E-state index in [1.807, 2.05) is 26.8 Å². The summed E-state index contributed by atoms with van der Waals surface area (Å²) >= 11 is 0. The van der Waals surface area contributed by atoms with Crippen LogP contribution in [0.15, 0.2) is 30.3 Å². The SMILES string of the molecule is CC(=O)OCC(=O)c1ccc2c(c1)C(O)(O)Oc1cc3c(cc1-2)CCCC3=O.CC(C)(C)OC(=O)N1CCCC1.COC. The Morgan fingerprint density at radius 1 is 0.953 bits per heavy atom. The Hall–Kier alpha value is -3.80. The zero-order valence-corrected chi connectivity index (χ0v) is 25.7. The topological polar surface area (TPSA) is 149 Å². The number of fused-ring (bicyclic) bond motifs is 4. The highest BCUT2D eigenvalue weighted by molar-refractivity contribution is 6.01. The molecule has 2 aromatic rings. The Labute approximate surface area is 251 Å². The quantitative estimate of drug-likeness (QED) is 0.296. The molecule has 1 aliphatic carbocycles. The fraction of sp³-hybridized carbons (Fsp3) is 0.500. The number of ketones is 2. The Bertz CT molecular complexity index is 1350. The van der Waals surface area contributed by atoms with Gasteiger partial charge in [0.15, 0.2) is 18.2 Å². The highest BCUT2D eigenvalue weighted by Crippen LogP contribution is 2.45. The fourth-order valence-corrected chi connectivity index (χ4v) is 4.87. The molecule has 43 heavy (non-hydrogen) atoms. The van der Waals surface area contributed by atoms with Crippen LogP contribution in [0.2, 0.25) is 0 Å². The number of ether oxygens (including phenoxy) is 4. The maximum absolute atomic E-state index is 12.2. The average molecular weight is 600 g/mol. The molecule has 0 spiro atoms. The number of hydrogen-bond acceptors (Lipinski definition) is 10. The summed E-state index contributed by atoms with van der Waals surface area (Å²) in [5.74, 6) is -3.51. The van der Waals surface area contributed by atoms with Crippen molar-refractivity contribution in [3.63, 3.8) is 0 Å². The second-order valence-electron chi connectivity index (χ2n) is 11.5. The van der Waals surface area contributed by atoms with Crippen LogP contribution in [-0.4, -0.2) is 78.3 Å². The van der Waals surface area contributed by atoms with Crippen LogP contribution >= 0.6 is 0 Å². The molecule has 1 fully saturated rings. The van der Waals surface area contributed by atoms with Gasteiger partial charge in [-0.3, -0.25) is 14.4 Å². The number of likely N-dealkylation sites (tertiary alicyclic amines) is 1. The summed E-state index contributed by atoms with van der Waals surface area (Å²) in [6.45, 7) is 8.14. The Morgan fingerprint density at radius 3 is 2.21 bits per heavy atom. The summed E-state index contributed by atoms with van der Waals surface area (Å²) in [6, 6.07) is 7.82. The van der Waals surface area contributed by atoms with E-state index in [2.05, 4.69) is 4.74 Å². The van der Waals surface area contributed by atoms with E-state index in [0.717, 1.165) is 44.3 Å². The number of hydrogen-bond donors (Lipinski definition) is 2. The van der Waals surface area contributed by atoms with Crippen LogP contribution in [0.3, 0.4) is 0 Å². The zero-order valence-electron chi connectivity index (χ0n) is 25.7. The molecule has 3 aliphatic rings. The van der Waals surface area contributed by atoms with Crippen LogP contribution in [0.5, 0.6) is 5.75 Å². The van der Waals surface area contributed by atoms with Crippen LogP contribution in [0.4, 0.5) is 4.79 Å². The molecule has 2 N–H and O–H groups in total. The smallest absolute Gasteiger partial charge is 0.410 e. The first-order chi connectivity index (χ1) is 20.2. The van der Waals surface area contributed by atoms with Crippen LogP contribution in [-0.2, 0) is 31.4 Å². The largest absolute Gasteiger partial charge is 0.457 e. The lowest BCUT2D eigenvalue weighted by molar-refractivity contribution is -0.305. The summed E-state index contributed by atoms with van der Waals surface area (Å²) in [4.78, 5) is 48.4. The van der Waals surface area contributed by atoms with Gasteiger partial charge in [-0.2, -0.15) is 0 Å². The monoisotopic (exact) mass is 599 g/mol. The first-order valence-corrected chi connectivity index (χ1v) is 14.2. The third-order valence-corrected chi connectivity index (χ3v) is 6.75. The van der Waals surface area contributed by atoms with Gasteiger partial charge in [-0.05, 0) is 75.8 Å². The lowest BCUT2D eigenvalue weighted by Crippen LogP contribution is -2.36. The van der Waals surface area contributed by atoms with E-state index in [1.165, 1.54) is 19.1 Å². The third kappa shape index (κ3) is 8.85. The Balaban J connectivity index is 0.000000282. The van der Waals surface area contributed by atoms with Gasteiger partial charge in [0, 0.05) is 57.3 Å². The third-order valence-electron chi connectivity index (χ3n) is 6.75. The number of nitrogens with zero attached hydrogens (tertiary/aromatic N) is 1. The molecule has 0 saturated carbocycles. The number of amides is 1. The van der Waals surface area contributed by atoms with E-state index in [4.69, 9.17) is 14.2 Å². The summed E-state index contributed by atoms with van der Waals surface area (Å²) in [5.41, 5.74) is 2.36. The molecule has 2 aromatic carbocycles. The maximum Gasteiger partial charge on any atom is 0.410 e. The standard InChI is InChI=1S/C21H18O7.C9H17NO2.C2H6O/c1-11(22)27-10-19(24)13-5-6-14-16-7-12-3-2-4-18(23)15(12)9-20(16)28-21(25,26)17(14)8-13;1-9(2,3)12-8(11)10-6-4-5-7-10;1-3-2/h5-9,25-26H,2-4,10H2,1H3;4-7H2,1-3H3;1-2H3. The van der Waals surface area contributed by atoms with E-state index in [9.17, 15) is 29.4 Å². The average Bonchev–Trinajstić information content (AvgIpc) is 3.47. The van der Waals surface area contributed by atoms with Crippen molar-refractivity contribution in [2.45, 2.75) is 71.4 Å². The van der Waals surface area contributed by atoms with Crippen LogP contribution in [0, 0.1) is 0 Å². The van der Waals surface area contributed by atoms with E-state index < -0.39 is 24.3 Å². The van der Waals surface area contributed by atoms with Gasteiger partial charge in [0.1, 0.15) is 11.4 Å². The molecular formula is C32H41NO10. The lowest BCUT2D eigenvalue weighted by atomic mass is 9.85. The van der Waals surface area contributed by atoms with Crippen molar-refractivity contribution in [2.24, 2.45) is 0 Å². The minimum Gasteiger partial charge on any atom is -0.457 e. The van der Waals surface area contributed by atoms with Gasteiger partial charge < -0.3 is 34.1 Å². The van der Waals surface area contributed by atoms with Gasteiger partial charge in [0.2, 0.25) is 0 Å². The number of aliphatic hydroxyl groups is 2. The number of rotatable bonds is 3. The summed E-state index contributed by atoms with van der Waals surface area (Å²) < 4.78 is 19.5. The van der Waals surface area contributed by atoms with E-state index in [-0.39, 0.29) is 34.4 Å². The van der Waals surface area contributed by atoms with Gasteiger partial charge in [0.25, 0.3) is 0 Å². The van der Waals surface area contributed by atoms with Crippen molar-refractivity contribution in [1.82, 2.24) is 4.90 Å². The predicted molar refractivity (Wildman–Crippen MR) is 157 cm³/mol. The van der Waals surface area contributed by atoms with Crippen molar-refractivity contribution in [2.75, 3.05) is 33.9 Å². The highest BCUT2D eigenvalue weighted by atomic mass is 16.8. The van der Waals surface area contributed by atoms with E-state index in [1.54, 1.807) is 31.3 Å².